The van der Waals surface area contributed by atoms with E-state index < -0.39 is 0 Å². The van der Waals surface area contributed by atoms with Gasteiger partial charge in [0.1, 0.15) is 0 Å². The number of rotatable bonds is 8. The van der Waals surface area contributed by atoms with Crippen LogP contribution in [0, 0.1) is 0 Å². The van der Waals surface area contributed by atoms with Crippen LogP contribution in [0.2, 0.25) is 5.02 Å². The summed E-state index contributed by atoms with van der Waals surface area (Å²) in [5.74, 6) is 0.503. The van der Waals surface area contributed by atoms with Crippen molar-refractivity contribution in [2.24, 2.45) is 0 Å². The summed E-state index contributed by atoms with van der Waals surface area (Å²) in [7, 11) is 0. The average molecular weight is 369 g/mol. The lowest BCUT2D eigenvalue weighted by Gasteiger charge is -2.12. The molecular weight excluding hydrogens is 348 g/mol. The highest BCUT2D eigenvalue weighted by Crippen LogP contribution is 2.21. The first-order valence-corrected chi connectivity index (χ1v) is 9.41. The van der Waals surface area contributed by atoms with Gasteiger partial charge in [-0.1, -0.05) is 30.3 Å². The van der Waals surface area contributed by atoms with Gasteiger partial charge in [-0.15, -0.1) is 0 Å². The maximum atomic E-state index is 12.7. The number of halogens is 1. The molecule has 24 heavy (non-hydrogen) atoms. The Bertz CT molecular complexity index is 776. The van der Waals surface area contributed by atoms with Gasteiger partial charge < -0.3 is 4.74 Å². The lowest BCUT2D eigenvalue weighted by molar-refractivity contribution is -0.143. The minimum Gasteiger partial charge on any atom is -0.466 e. The molecule has 0 aliphatic rings. The van der Waals surface area contributed by atoms with E-state index in [1.807, 2.05) is 6.92 Å². The molecule has 0 bridgehead atoms. The Labute approximate surface area is 150 Å². The quantitative estimate of drug-likeness (QED) is 0.306. The molecule has 0 saturated carbocycles. The number of nitrogens with zero attached hydrogens (tertiary/aromatic N) is 2. The van der Waals surface area contributed by atoms with Crippen LogP contribution < -0.4 is 5.56 Å². The third-order valence-corrected chi connectivity index (χ3v) is 4.69. The van der Waals surface area contributed by atoms with Crippen LogP contribution in [-0.4, -0.2) is 27.9 Å². The molecule has 1 heterocycles. The average Bonchev–Trinajstić information content (AvgIpc) is 2.55. The molecule has 0 aliphatic carbocycles. The molecule has 0 aliphatic heterocycles. The topological polar surface area (TPSA) is 61.2 Å². The molecule has 5 nitrogen and oxygen atoms in total. The van der Waals surface area contributed by atoms with Gasteiger partial charge in [-0.25, -0.2) is 4.98 Å². The number of benzene rings is 1. The summed E-state index contributed by atoms with van der Waals surface area (Å²) in [6.07, 6.45) is 1.90. The molecular formula is C17H21ClN2O3S. The zero-order valence-corrected chi connectivity index (χ0v) is 15.5. The monoisotopic (exact) mass is 368 g/mol. The summed E-state index contributed by atoms with van der Waals surface area (Å²) in [5, 5.41) is 1.80. The summed E-state index contributed by atoms with van der Waals surface area (Å²) in [6, 6.07) is 5.13. The molecule has 0 saturated heterocycles. The van der Waals surface area contributed by atoms with E-state index in [4.69, 9.17) is 16.3 Å². The molecule has 130 valence electrons. The Balaban J connectivity index is 2.19. The third kappa shape index (κ3) is 4.74. The predicted octanol–water partition coefficient (Wildman–Crippen LogP) is 3.90. The Hall–Kier alpha value is -1.53. The number of hydrogen-bond acceptors (Lipinski definition) is 5. The maximum absolute atomic E-state index is 12.7. The van der Waals surface area contributed by atoms with Crippen molar-refractivity contribution >= 4 is 40.2 Å². The van der Waals surface area contributed by atoms with Crippen LogP contribution in [0.5, 0.6) is 0 Å². The number of carbonyl (C=O) groups excluding carboxylic acids is 1. The summed E-state index contributed by atoms with van der Waals surface area (Å²) in [6.45, 7) is 4.83. The first kappa shape index (κ1) is 18.8. The molecule has 2 aromatic rings. The zero-order chi connectivity index (χ0) is 17.5. The third-order valence-electron chi connectivity index (χ3n) is 3.39. The highest BCUT2D eigenvalue weighted by Gasteiger charge is 2.12. The largest absolute Gasteiger partial charge is 0.466 e. The minimum atomic E-state index is -0.192. The second-order valence-electron chi connectivity index (χ2n) is 5.27. The molecule has 0 spiro atoms. The normalized spacial score (nSPS) is 11.0. The predicted molar refractivity (Wildman–Crippen MR) is 97.9 cm³/mol. The lowest BCUT2D eigenvalue weighted by Crippen LogP contribution is -2.23. The SMILES string of the molecule is CCCn1c(SCCCC(=O)OCC)nc2cc(Cl)ccc2c1=O. The molecule has 0 atom stereocenters. The van der Waals surface area contributed by atoms with Crippen molar-refractivity contribution in [3.63, 3.8) is 0 Å². The number of esters is 1. The van der Waals surface area contributed by atoms with E-state index in [9.17, 15) is 9.59 Å². The molecule has 0 fully saturated rings. The fourth-order valence-corrected chi connectivity index (χ4v) is 3.45. The fraction of sp³-hybridized carbons (Fsp3) is 0.471. The highest BCUT2D eigenvalue weighted by atomic mass is 35.5. The van der Waals surface area contributed by atoms with E-state index >= 15 is 0 Å². The number of carbonyl (C=O) groups is 1. The van der Waals surface area contributed by atoms with E-state index in [1.54, 1.807) is 29.7 Å². The Morgan fingerprint density at radius 2 is 2.17 bits per heavy atom. The van der Waals surface area contributed by atoms with Crippen LogP contribution in [0.4, 0.5) is 0 Å². The van der Waals surface area contributed by atoms with E-state index in [1.165, 1.54) is 11.8 Å². The van der Waals surface area contributed by atoms with E-state index in [2.05, 4.69) is 4.98 Å². The van der Waals surface area contributed by atoms with E-state index in [-0.39, 0.29) is 11.5 Å². The molecule has 7 heteroatoms. The number of hydrogen-bond donors (Lipinski definition) is 0. The van der Waals surface area contributed by atoms with Gasteiger partial charge in [0.2, 0.25) is 0 Å². The molecule has 0 N–H and O–H groups in total. The highest BCUT2D eigenvalue weighted by molar-refractivity contribution is 7.99. The smallest absolute Gasteiger partial charge is 0.305 e. The van der Waals surface area contributed by atoms with Crippen LogP contribution in [0.1, 0.15) is 33.1 Å². The van der Waals surface area contributed by atoms with Crippen molar-refractivity contribution in [3.05, 3.63) is 33.6 Å². The van der Waals surface area contributed by atoms with Gasteiger partial charge in [0, 0.05) is 23.7 Å². The van der Waals surface area contributed by atoms with Crippen LogP contribution >= 0.6 is 23.4 Å². The molecule has 0 radical (unpaired) electrons. The van der Waals surface area contributed by atoms with Crippen LogP contribution in [0.3, 0.4) is 0 Å². The zero-order valence-electron chi connectivity index (χ0n) is 13.9. The van der Waals surface area contributed by atoms with Gasteiger partial charge >= 0.3 is 5.97 Å². The number of fused-ring (bicyclic) bond motifs is 1. The molecule has 0 unspecified atom stereocenters. The van der Waals surface area contributed by atoms with Crippen molar-refractivity contribution in [1.29, 1.82) is 0 Å². The maximum Gasteiger partial charge on any atom is 0.305 e. The number of ether oxygens (including phenoxy) is 1. The van der Waals surface area contributed by atoms with Gasteiger partial charge in [0.05, 0.1) is 17.5 Å². The van der Waals surface area contributed by atoms with Crippen molar-refractivity contribution in [3.8, 4) is 0 Å². The summed E-state index contributed by atoms with van der Waals surface area (Å²) >= 11 is 7.49. The summed E-state index contributed by atoms with van der Waals surface area (Å²) < 4.78 is 6.61. The summed E-state index contributed by atoms with van der Waals surface area (Å²) in [4.78, 5) is 28.6. The van der Waals surface area contributed by atoms with E-state index in [0.717, 1.165) is 6.42 Å². The second-order valence-corrected chi connectivity index (χ2v) is 6.77. The minimum absolute atomic E-state index is 0.0496. The fourth-order valence-electron chi connectivity index (χ4n) is 2.32. The van der Waals surface area contributed by atoms with Crippen molar-refractivity contribution in [2.45, 2.75) is 44.8 Å². The van der Waals surface area contributed by atoms with E-state index in [0.29, 0.717) is 52.8 Å². The molecule has 1 aromatic carbocycles. The molecule has 0 amide bonds. The number of thioether (sulfide) groups is 1. The first-order chi connectivity index (χ1) is 11.6. The summed E-state index contributed by atoms with van der Waals surface area (Å²) in [5.41, 5.74) is 0.555. The molecule has 2 rings (SSSR count). The first-order valence-electron chi connectivity index (χ1n) is 8.05. The molecule has 1 aromatic heterocycles. The van der Waals surface area contributed by atoms with Crippen LogP contribution in [-0.2, 0) is 16.1 Å². The lowest BCUT2D eigenvalue weighted by atomic mass is 10.2. The Morgan fingerprint density at radius 3 is 2.88 bits per heavy atom. The van der Waals surface area contributed by atoms with Gasteiger partial charge in [-0.3, -0.25) is 14.2 Å². The van der Waals surface area contributed by atoms with Crippen molar-refractivity contribution in [1.82, 2.24) is 9.55 Å². The van der Waals surface area contributed by atoms with Gasteiger partial charge in [0.15, 0.2) is 5.16 Å². The van der Waals surface area contributed by atoms with Crippen LogP contribution in [0.15, 0.2) is 28.2 Å². The van der Waals surface area contributed by atoms with Crippen LogP contribution in [0.25, 0.3) is 10.9 Å². The van der Waals surface area contributed by atoms with Crippen molar-refractivity contribution < 1.29 is 9.53 Å². The van der Waals surface area contributed by atoms with Gasteiger partial charge in [0.25, 0.3) is 5.56 Å². The Kier molecular flexibility index (Phi) is 7.12. The number of aromatic nitrogens is 2. The second kappa shape index (κ2) is 9.08. The standard InChI is InChI=1S/C17H21ClN2O3S/c1-3-9-20-16(22)13-8-7-12(18)11-14(13)19-17(20)24-10-5-6-15(21)23-4-2/h7-8,11H,3-6,9-10H2,1-2H3. The van der Waals surface area contributed by atoms with Gasteiger partial charge in [-0.05, 0) is 38.0 Å². The van der Waals surface area contributed by atoms with Gasteiger partial charge in [-0.2, -0.15) is 0 Å². The van der Waals surface area contributed by atoms with Crippen molar-refractivity contribution in [2.75, 3.05) is 12.4 Å². The Morgan fingerprint density at radius 1 is 1.38 bits per heavy atom.